The number of rotatable bonds is 7. The zero-order valence-corrected chi connectivity index (χ0v) is 27.5. The van der Waals surface area contributed by atoms with Gasteiger partial charge in [0.15, 0.2) is 5.78 Å². The molecule has 6 heteroatoms. The van der Waals surface area contributed by atoms with Crippen molar-refractivity contribution in [2.24, 2.45) is 11.8 Å². The number of carbonyl (C=O) groups is 1. The minimum absolute atomic E-state index is 0. The zero-order valence-electron chi connectivity index (χ0n) is 24.3. The summed E-state index contributed by atoms with van der Waals surface area (Å²) in [7, 11) is 0. The third kappa shape index (κ3) is 5.97. The van der Waals surface area contributed by atoms with E-state index in [0.717, 1.165) is 42.1 Å². The maximum Gasteiger partial charge on any atom is 0.162 e. The van der Waals surface area contributed by atoms with Gasteiger partial charge in [0, 0.05) is 70.9 Å². The van der Waals surface area contributed by atoms with Crippen molar-refractivity contribution in [1.29, 1.82) is 0 Å². The minimum atomic E-state index is 0. The summed E-state index contributed by atoms with van der Waals surface area (Å²) in [4.78, 5) is 17.7. The van der Waals surface area contributed by atoms with Crippen molar-refractivity contribution in [3.05, 3.63) is 83.7 Å². The number of aliphatic hydroxyl groups is 1. The summed E-state index contributed by atoms with van der Waals surface area (Å²) in [5.74, 6) is 0.547. The molecule has 0 atom stereocenters. The Morgan fingerprint density at radius 1 is 0.976 bits per heavy atom. The maximum atomic E-state index is 11.7. The number of aryl methyl sites for hydroxylation is 1. The first-order chi connectivity index (χ1) is 19.4. The van der Waals surface area contributed by atoms with Crippen molar-refractivity contribution >= 4 is 65.3 Å². The van der Waals surface area contributed by atoms with Crippen LogP contribution in [0.3, 0.4) is 0 Å². The molecule has 3 heterocycles. The van der Waals surface area contributed by atoms with Crippen LogP contribution in [-0.2, 0) is 24.9 Å². The summed E-state index contributed by atoms with van der Waals surface area (Å²) < 4.78 is 3.54. The van der Waals surface area contributed by atoms with Crippen LogP contribution in [0.2, 0.25) is 0 Å². The molecule has 3 aromatic heterocycles. The average molecular weight is 742 g/mol. The number of benzene rings is 3. The number of carbonyl (C=O) groups excluding carboxylic acids is 1. The maximum absolute atomic E-state index is 11.7. The summed E-state index contributed by atoms with van der Waals surface area (Å²) in [5, 5.41) is 17.0. The van der Waals surface area contributed by atoms with Gasteiger partial charge in [-0.15, -0.1) is 34.9 Å². The molecule has 0 spiro atoms. The summed E-state index contributed by atoms with van der Waals surface area (Å²) in [6, 6.07) is 21.1. The van der Waals surface area contributed by atoms with Crippen LogP contribution < -0.4 is 0 Å². The summed E-state index contributed by atoms with van der Waals surface area (Å²) in [6.07, 6.45) is 8.85. The van der Waals surface area contributed by atoms with Crippen LogP contribution in [0.5, 0.6) is 0 Å². The van der Waals surface area contributed by atoms with Gasteiger partial charge in [-0.05, 0) is 50.1 Å². The van der Waals surface area contributed by atoms with Gasteiger partial charge in [0.2, 0.25) is 0 Å². The fourth-order valence-corrected chi connectivity index (χ4v) is 6.63. The van der Waals surface area contributed by atoms with Crippen LogP contribution >= 0.6 is 11.3 Å². The van der Waals surface area contributed by atoms with Crippen LogP contribution in [0.25, 0.3) is 48.2 Å². The van der Waals surface area contributed by atoms with Gasteiger partial charge in [0.1, 0.15) is 0 Å². The van der Waals surface area contributed by atoms with E-state index in [9.17, 15) is 9.90 Å². The van der Waals surface area contributed by atoms with E-state index in [2.05, 4.69) is 77.1 Å². The Morgan fingerprint density at radius 2 is 1.68 bits per heavy atom. The normalized spacial score (nSPS) is 12.0. The molecule has 0 saturated carbocycles. The number of fused-ring (bicyclic) bond motifs is 9. The first kappa shape index (κ1) is 30.9. The molecule has 1 N–H and O–H groups in total. The molecule has 0 amide bonds. The number of nitrogens with zero attached hydrogens (tertiary/aromatic N) is 2. The van der Waals surface area contributed by atoms with Gasteiger partial charge in [-0.1, -0.05) is 68.1 Å². The molecule has 0 aliphatic rings. The minimum Gasteiger partial charge on any atom is -0.512 e. The third-order valence-corrected chi connectivity index (χ3v) is 9.08. The van der Waals surface area contributed by atoms with Crippen LogP contribution in [0.4, 0.5) is 0 Å². The molecule has 0 fully saturated rings. The van der Waals surface area contributed by atoms with Gasteiger partial charge in [-0.3, -0.25) is 9.78 Å². The molecule has 4 nitrogen and oxygen atoms in total. The number of thiophene rings is 1. The van der Waals surface area contributed by atoms with Crippen molar-refractivity contribution in [2.75, 3.05) is 0 Å². The number of pyridine rings is 1. The molecule has 0 unspecified atom stereocenters. The Bertz CT molecular complexity index is 1860. The van der Waals surface area contributed by atoms with E-state index >= 15 is 0 Å². The molecule has 1 radical (unpaired) electrons. The molecule has 215 valence electrons. The SMILES string of the molecule is CCC(CC)C(=O)/C=C(\O)C(CC)CC.Cc1cc2c(ccc3c4cc5ccccc5[c-]c4c4nccn4c23)s1.[Ir]. The summed E-state index contributed by atoms with van der Waals surface area (Å²) in [6.45, 7) is 10.2. The van der Waals surface area contributed by atoms with E-state index in [1.54, 1.807) is 0 Å². The Labute approximate surface area is 259 Å². The molecular formula is C35H37IrN2O2S-. The van der Waals surface area contributed by atoms with Crippen LogP contribution in [0.15, 0.2) is 72.8 Å². The van der Waals surface area contributed by atoms with Gasteiger partial charge >= 0.3 is 0 Å². The second kappa shape index (κ2) is 13.3. The third-order valence-electron chi connectivity index (χ3n) is 8.06. The number of hydrogen-bond acceptors (Lipinski definition) is 4. The summed E-state index contributed by atoms with van der Waals surface area (Å²) >= 11 is 1.84. The summed E-state index contributed by atoms with van der Waals surface area (Å²) in [5.41, 5.74) is 2.22. The molecular weight excluding hydrogens is 705 g/mol. The molecule has 6 rings (SSSR count). The predicted molar refractivity (Wildman–Crippen MR) is 171 cm³/mol. The monoisotopic (exact) mass is 742 g/mol. The quantitative estimate of drug-likeness (QED) is 0.0583. The number of ketones is 1. The van der Waals surface area contributed by atoms with Crippen LogP contribution in [-0.4, -0.2) is 20.3 Å². The number of aromatic nitrogens is 2. The van der Waals surface area contributed by atoms with Crippen LogP contribution in [0.1, 0.15) is 58.3 Å². The second-order valence-corrected chi connectivity index (χ2v) is 11.8. The number of allylic oxidation sites excluding steroid dienone is 2. The van der Waals surface area contributed by atoms with E-state index in [1.807, 2.05) is 45.2 Å². The smallest absolute Gasteiger partial charge is 0.162 e. The van der Waals surface area contributed by atoms with Crippen molar-refractivity contribution in [2.45, 2.75) is 60.3 Å². The van der Waals surface area contributed by atoms with Gasteiger partial charge < -0.3 is 9.51 Å². The average Bonchev–Trinajstić information content (AvgIpc) is 3.60. The van der Waals surface area contributed by atoms with Crippen molar-refractivity contribution in [3.8, 4) is 0 Å². The fourth-order valence-electron chi connectivity index (χ4n) is 5.70. The molecule has 0 aliphatic carbocycles. The number of imidazole rings is 1. The first-order valence-electron chi connectivity index (χ1n) is 14.4. The van der Waals surface area contributed by atoms with Gasteiger partial charge in [-0.2, -0.15) is 0 Å². The second-order valence-electron chi connectivity index (χ2n) is 10.5. The van der Waals surface area contributed by atoms with E-state index < -0.39 is 0 Å². The van der Waals surface area contributed by atoms with Crippen molar-refractivity contribution in [3.63, 3.8) is 0 Å². The van der Waals surface area contributed by atoms with Crippen molar-refractivity contribution < 1.29 is 30.0 Å². The van der Waals surface area contributed by atoms with Gasteiger partial charge in [0.25, 0.3) is 0 Å². The largest absolute Gasteiger partial charge is 0.512 e. The van der Waals surface area contributed by atoms with E-state index in [0.29, 0.717) is 0 Å². The van der Waals surface area contributed by atoms with Gasteiger partial charge in [0.05, 0.1) is 11.4 Å². The number of hydrogen-bond donors (Lipinski definition) is 1. The van der Waals surface area contributed by atoms with E-state index in [-0.39, 0.29) is 43.5 Å². The number of aliphatic hydroxyl groups excluding tert-OH is 1. The molecule has 0 aliphatic heterocycles. The Hall–Kier alpha value is -3.05. The molecule has 0 bridgehead atoms. The van der Waals surface area contributed by atoms with Crippen molar-refractivity contribution in [1.82, 2.24) is 9.38 Å². The molecule has 6 aromatic rings. The topological polar surface area (TPSA) is 54.6 Å². The molecule has 3 aromatic carbocycles. The predicted octanol–water partition coefficient (Wildman–Crippen LogP) is 9.98. The van der Waals surface area contributed by atoms with Crippen LogP contribution in [0, 0.1) is 24.8 Å². The fraction of sp³-hybridized carbons (Fsp3) is 0.314. The Morgan fingerprint density at radius 3 is 2.39 bits per heavy atom. The van der Waals surface area contributed by atoms with E-state index in [1.165, 1.54) is 42.7 Å². The first-order valence-corrected chi connectivity index (χ1v) is 15.2. The van der Waals surface area contributed by atoms with Gasteiger partial charge in [-0.25, -0.2) is 0 Å². The Balaban J connectivity index is 0.000000212. The zero-order chi connectivity index (χ0) is 28.4. The molecule has 41 heavy (non-hydrogen) atoms. The van der Waals surface area contributed by atoms with E-state index in [4.69, 9.17) is 0 Å². The standard InChI is InChI=1S/C22H13N2S.C13H24O2.Ir/c1-13-10-19-20(25-13)7-6-16-17-11-14-4-2-3-5-15(14)12-18(17)22-23-8-9-24(22)21(16)19;1-5-10(6-2)12(14)9-13(15)11(7-3)8-4;/h2-11H,1H3;9-11,14H,5-8H2,1-4H3;/q-1;;/b;12-9-;. The Kier molecular flexibility index (Phi) is 10.0. The molecule has 0 saturated heterocycles.